The molecule has 0 aromatic heterocycles. The first kappa shape index (κ1) is 22.9. The first-order chi connectivity index (χ1) is 15.9. The number of rotatable bonds is 2. The van der Waals surface area contributed by atoms with Crippen LogP contribution in [0.2, 0.25) is 0 Å². The van der Waals surface area contributed by atoms with Gasteiger partial charge in [-0.25, -0.2) is 0 Å². The van der Waals surface area contributed by atoms with Gasteiger partial charge in [-0.3, -0.25) is 4.79 Å². The van der Waals surface area contributed by atoms with Crippen LogP contribution in [0.15, 0.2) is 30.4 Å². The number of ketones is 1. The second kappa shape index (κ2) is 7.01. The summed E-state index contributed by atoms with van der Waals surface area (Å²) in [6.45, 7) is 7.14. The van der Waals surface area contributed by atoms with Gasteiger partial charge >= 0.3 is 0 Å². The molecule has 6 rings (SSSR count). The molecular weight excluding hydrogens is 432 g/mol. The van der Waals surface area contributed by atoms with Gasteiger partial charge in [0.15, 0.2) is 12.1 Å². The molecule has 1 spiro atoms. The average molecular weight is 469 g/mol. The van der Waals surface area contributed by atoms with Crippen LogP contribution in [-0.2, 0) is 20.7 Å². The van der Waals surface area contributed by atoms with Crippen LogP contribution in [0.5, 0.6) is 0 Å². The minimum Gasteiger partial charge on any atom is -0.387 e. The third-order valence-electron chi connectivity index (χ3n) is 10.4. The number of aliphatic hydroxyl groups excluding tert-OH is 1. The van der Waals surface area contributed by atoms with Crippen molar-refractivity contribution in [2.24, 2.45) is 11.3 Å². The molecule has 3 aliphatic carbocycles. The molecule has 3 fully saturated rings. The molecule has 2 saturated heterocycles. The number of epoxide rings is 1. The molecule has 2 heterocycles. The van der Waals surface area contributed by atoms with Crippen molar-refractivity contribution in [2.75, 3.05) is 0 Å². The zero-order valence-corrected chi connectivity index (χ0v) is 20.5. The van der Waals surface area contributed by atoms with E-state index in [1.54, 1.807) is 13.0 Å². The quantitative estimate of drug-likeness (QED) is 0.577. The van der Waals surface area contributed by atoms with Crippen LogP contribution in [0.3, 0.4) is 0 Å². The van der Waals surface area contributed by atoms with E-state index < -0.39 is 29.0 Å². The lowest BCUT2D eigenvalue weighted by atomic mass is 9.49. The summed E-state index contributed by atoms with van der Waals surface area (Å²) in [5.41, 5.74) is -0.174. The van der Waals surface area contributed by atoms with Crippen molar-refractivity contribution in [3.63, 3.8) is 0 Å². The van der Waals surface area contributed by atoms with Crippen LogP contribution in [0.1, 0.15) is 81.9 Å². The van der Waals surface area contributed by atoms with Crippen molar-refractivity contribution in [2.45, 2.75) is 107 Å². The molecule has 1 saturated carbocycles. The summed E-state index contributed by atoms with van der Waals surface area (Å²) in [5, 5.41) is 31.6. The molecular formula is C28H36O6. The maximum atomic E-state index is 13.2. The second-order valence-electron chi connectivity index (χ2n) is 12.1. The molecule has 10 unspecified atom stereocenters. The lowest BCUT2D eigenvalue weighted by Gasteiger charge is -2.51. The van der Waals surface area contributed by atoms with Crippen molar-refractivity contribution in [3.05, 3.63) is 47.0 Å². The Labute approximate surface area is 201 Å². The number of hydrogen-bond acceptors (Lipinski definition) is 6. The maximum Gasteiger partial charge on any atom is 0.186 e. The van der Waals surface area contributed by atoms with Gasteiger partial charge in [0, 0.05) is 12.3 Å². The van der Waals surface area contributed by atoms with Crippen LogP contribution < -0.4 is 0 Å². The van der Waals surface area contributed by atoms with Gasteiger partial charge in [0.1, 0.15) is 11.2 Å². The SMILES string of the molecule is CC(c1ccc2c(c1)CCC1C2CC2OC23CC=CC(=O)C13C)C1CC(C)(O)C(C)(O)C(O)O1. The summed E-state index contributed by atoms with van der Waals surface area (Å²) in [5.74, 6) is 0.764. The van der Waals surface area contributed by atoms with Crippen LogP contribution in [-0.4, -0.2) is 56.4 Å². The summed E-state index contributed by atoms with van der Waals surface area (Å²) in [6, 6.07) is 6.59. The number of carbonyl (C=O) groups excluding carboxylic acids is 1. The first-order valence-electron chi connectivity index (χ1n) is 12.7. The van der Waals surface area contributed by atoms with E-state index in [1.165, 1.54) is 18.1 Å². The second-order valence-corrected chi connectivity index (χ2v) is 12.1. The Hall–Kier alpha value is -1.57. The van der Waals surface area contributed by atoms with E-state index in [4.69, 9.17) is 9.47 Å². The van der Waals surface area contributed by atoms with E-state index in [0.717, 1.165) is 31.2 Å². The molecule has 6 nitrogen and oxygen atoms in total. The van der Waals surface area contributed by atoms with E-state index in [2.05, 4.69) is 25.1 Å². The number of fused-ring (bicyclic) bond motifs is 4. The number of aliphatic hydroxyl groups is 3. The highest BCUT2D eigenvalue weighted by Crippen LogP contribution is 2.69. The molecule has 184 valence electrons. The third-order valence-corrected chi connectivity index (χ3v) is 10.4. The van der Waals surface area contributed by atoms with E-state index in [1.807, 2.05) is 13.0 Å². The number of carbonyl (C=O) groups is 1. The third kappa shape index (κ3) is 2.78. The molecule has 6 heteroatoms. The summed E-state index contributed by atoms with van der Waals surface area (Å²) < 4.78 is 12.1. The van der Waals surface area contributed by atoms with Crippen molar-refractivity contribution in [1.82, 2.24) is 0 Å². The average Bonchev–Trinajstić information content (AvgIpc) is 3.50. The monoisotopic (exact) mass is 468 g/mol. The minimum absolute atomic E-state index is 0.0615. The largest absolute Gasteiger partial charge is 0.387 e. The Morgan fingerprint density at radius 3 is 2.68 bits per heavy atom. The molecule has 1 aromatic carbocycles. The number of hydrogen-bond donors (Lipinski definition) is 3. The number of ether oxygens (including phenoxy) is 2. The summed E-state index contributed by atoms with van der Waals surface area (Å²) in [6.07, 6.45) is 6.00. The maximum absolute atomic E-state index is 13.2. The molecule has 1 aromatic rings. The van der Waals surface area contributed by atoms with Crippen LogP contribution >= 0.6 is 0 Å². The zero-order chi connectivity index (χ0) is 24.3. The fraction of sp³-hybridized carbons (Fsp3) is 0.679. The van der Waals surface area contributed by atoms with Crippen molar-refractivity contribution < 1.29 is 29.6 Å². The van der Waals surface area contributed by atoms with Gasteiger partial charge in [-0.2, -0.15) is 0 Å². The van der Waals surface area contributed by atoms with Gasteiger partial charge in [0.05, 0.1) is 23.2 Å². The van der Waals surface area contributed by atoms with Crippen LogP contribution in [0.25, 0.3) is 0 Å². The lowest BCUT2D eigenvalue weighted by Crippen LogP contribution is -2.64. The molecule has 3 N–H and O–H groups in total. The van der Waals surface area contributed by atoms with Crippen molar-refractivity contribution in [1.29, 1.82) is 0 Å². The molecule has 5 aliphatic rings. The normalized spacial score (nSPS) is 50.0. The summed E-state index contributed by atoms with van der Waals surface area (Å²) in [4.78, 5) is 13.2. The van der Waals surface area contributed by atoms with E-state index in [-0.39, 0.29) is 35.7 Å². The van der Waals surface area contributed by atoms with Gasteiger partial charge in [-0.05, 0) is 81.1 Å². The molecule has 0 radical (unpaired) electrons. The summed E-state index contributed by atoms with van der Waals surface area (Å²) in [7, 11) is 0. The number of allylic oxidation sites excluding steroid dienone is 1. The Kier molecular flexibility index (Phi) is 4.72. The van der Waals surface area contributed by atoms with Crippen molar-refractivity contribution >= 4 is 5.78 Å². The highest BCUT2D eigenvalue weighted by molar-refractivity contribution is 5.98. The fourth-order valence-electron chi connectivity index (χ4n) is 7.67. The Morgan fingerprint density at radius 1 is 1.18 bits per heavy atom. The van der Waals surface area contributed by atoms with Crippen LogP contribution in [0.4, 0.5) is 0 Å². The molecule has 10 atom stereocenters. The Balaban J connectivity index is 1.28. The standard InChI is InChI=1S/C28H36O6/c1-15(21-14-25(2,31)27(4,32)24(30)33-21)16-7-9-18-17(12-16)8-10-20-19(18)13-23-28(34-23)11-5-6-22(29)26(20,28)3/h5-7,9,12,15,19-21,23-24,30-32H,8,10-11,13-14H2,1-4H3. The smallest absolute Gasteiger partial charge is 0.186 e. The minimum atomic E-state index is -1.73. The van der Waals surface area contributed by atoms with E-state index >= 15 is 0 Å². The molecule has 34 heavy (non-hydrogen) atoms. The molecule has 2 aliphatic heterocycles. The van der Waals surface area contributed by atoms with Gasteiger partial charge in [-0.1, -0.05) is 31.2 Å². The van der Waals surface area contributed by atoms with Crippen LogP contribution in [0, 0.1) is 11.3 Å². The molecule has 0 bridgehead atoms. The van der Waals surface area contributed by atoms with Gasteiger partial charge in [0.2, 0.25) is 0 Å². The first-order valence-corrected chi connectivity index (χ1v) is 12.7. The highest BCUT2D eigenvalue weighted by Gasteiger charge is 2.75. The predicted octanol–water partition coefficient (Wildman–Crippen LogP) is 3.12. The van der Waals surface area contributed by atoms with Gasteiger partial charge in [0.25, 0.3) is 0 Å². The lowest BCUT2D eigenvalue weighted by molar-refractivity contribution is -0.321. The molecule has 0 amide bonds. The topological polar surface area (TPSA) is 99.5 Å². The highest BCUT2D eigenvalue weighted by atomic mass is 16.6. The van der Waals surface area contributed by atoms with Gasteiger partial charge in [-0.15, -0.1) is 0 Å². The summed E-state index contributed by atoms with van der Waals surface area (Å²) >= 11 is 0. The zero-order valence-electron chi connectivity index (χ0n) is 20.5. The van der Waals surface area contributed by atoms with Gasteiger partial charge < -0.3 is 24.8 Å². The fourth-order valence-corrected chi connectivity index (χ4v) is 7.67. The Morgan fingerprint density at radius 2 is 1.94 bits per heavy atom. The number of benzene rings is 1. The van der Waals surface area contributed by atoms with E-state index in [0.29, 0.717) is 5.92 Å². The van der Waals surface area contributed by atoms with E-state index in [9.17, 15) is 20.1 Å². The predicted molar refractivity (Wildman–Crippen MR) is 125 cm³/mol. The van der Waals surface area contributed by atoms with Crippen molar-refractivity contribution in [3.8, 4) is 0 Å². The number of aryl methyl sites for hydroxylation is 1. The Bertz CT molecular complexity index is 1070.